The van der Waals surface area contributed by atoms with Gasteiger partial charge in [0.1, 0.15) is 0 Å². The number of aromatic nitrogens is 2. The second kappa shape index (κ2) is 4.45. The van der Waals surface area contributed by atoms with Crippen LogP contribution in [0.25, 0.3) is 11.3 Å². The summed E-state index contributed by atoms with van der Waals surface area (Å²) in [7, 11) is 3.13. The molecule has 0 saturated carbocycles. The van der Waals surface area contributed by atoms with Crippen molar-refractivity contribution in [2.24, 2.45) is 0 Å². The molecule has 0 radical (unpaired) electrons. The third kappa shape index (κ3) is 1.72. The zero-order valence-electron chi connectivity index (χ0n) is 8.95. The summed E-state index contributed by atoms with van der Waals surface area (Å²) in [6.07, 6.45) is 3.30. The summed E-state index contributed by atoms with van der Waals surface area (Å²) in [4.78, 5) is 6.94. The van der Waals surface area contributed by atoms with Gasteiger partial charge < -0.3 is 14.5 Å². The first-order chi connectivity index (χ1) is 7.77. The van der Waals surface area contributed by atoms with Crippen molar-refractivity contribution in [2.75, 3.05) is 14.2 Å². The molecular weight excluding hydrogens is 228 g/mol. The Hall–Kier alpha value is -1.68. The van der Waals surface area contributed by atoms with E-state index in [1.807, 2.05) is 6.07 Å². The number of imidazole rings is 1. The van der Waals surface area contributed by atoms with Gasteiger partial charge in [-0.25, -0.2) is 4.98 Å². The first-order valence-electron chi connectivity index (χ1n) is 4.67. The fourth-order valence-corrected chi connectivity index (χ4v) is 1.84. The Morgan fingerprint density at radius 3 is 2.62 bits per heavy atom. The van der Waals surface area contributed by atoms with Crippen LogP contribution in [0.1, 0.15) is 0 Å². The van der Waals surface area contributed by atoms with E-state index in [9.17, 15) is 0 Å². The minimum Gasteiger partial charge on any atom is -0.493 e. The lowest BCUT2D eigenvalue weighted by molar-refractivity contribution is 0.355. The highest BCUT2D eigenvalue weighted by Crippen LogP contribution is 2.40. The molecule has 1 aromatic carbocycles. The Morgan fingerprint density at radius 1 is 1.25 bits per heavy atom. The molecule has 0 bridgehead atoms. The fourth-order valence-electron chi connectivity index (χ4n) is 1.50. The van der Waals surface area contributed by atoms with E-state index >= 15 is 0 Å². The number of hydrogen-bond acceptors (Lipinski definition) is 3. The van der Waals surface area contributed by atoms with Gasteiger partial charge in [0, 0.05) is 5.56 Å². The number of benzene rings is 1. The summed E-state index contributed by atoms with van der Waals surface area (Å²) in [6, 6.07) is 3.66. The maximum atomic E-state index is 6.23. The third-order valence-corrected chi connectivity index (χ3v) is 2.65. The van der Waals surface area contributed by atoms with Gasteiger partial charge in [-0.2, -0.15) is 0 Å². The van der Waals surface area contributed by atoms with Gasteiger partial charge in [0.2, 0.25) is 0 Å². The van der Waals surface area contributed by atoms with Crippen molar-refractivity contribution in [1.29, 1.82) is 0 Å². The molecule has 0 atom stereocenters. The lowest BCUT2D eigenvalue weighted by Crippen LogP contribution is -1.92. The van der Waals surface area contributed by atoms with Crippen molar-refractivity contribution in [1.82, 2.24) is 9.97 Å². The van der Waals surface area contributed by atoms with Crippen LogP contribution >= 0.6 is 11.6 Å². The highest BCUT2D eigenvalue weighted by molar-refractivity contribution is 6.35. The van der Waals surface area contributed by atoms with Gasteiger partial charge in [-0.05, 0) is 12.1 Å². The first-order valence-corrected chi connectivity index (χ1v) is 5.05. The monoisotopic (exact) mass is 238 g/mol. The van der Waals surface area contributed by atoms with Gasteiger partial charge in [0.25, 0.3) is 0 Å². The van der Waals surface area contributed by atoms with E-state index in [1.165, 1.54) is 0 Å². The van der Waals surface area contributed by atoms with Gasteiger partial charge in [0.05, 0.1) is 37.5 Å². The molecule has 4 nitrogen and oxygen atoms in total. The average molecular weight is 239 g/mol. The standard InChI is InChI=1S/C11H11ClN2O2/c1-15-9-4-3-7(8-5-13-6-14-8)10(12)11(9)16-2/h3-6H,1-2H3,(H,13,14). The third-order valence-electron chi connectivity index (χ3n) is 2.27. The van der Waals surface area contributed by atoms with Gasteiger partial charge in [-0.3, -0.25) is 0 Å². The van der Waals surface area contributed by atoms with Gasteiger partial charge in [-0.15, -0.1) is 0 Å². The molecule has 5 heteroatoms. The molecule has 0 unspecified atom stereocenters. The Labute approximate surface area is 98.2 Å². The molecule has 2 aromatic rings. The second-order valence-electron chi connectivity index (χ2n) is 3.13. The van der Waals surface area contributed by atoms with Crippen LogP contribution in [0.3, 0.4) is 0 Å². The molecule has 16 heavy (non-hydrogen) atoms. The van der Waals surface area contributed by atoms with E-state index in [-0.39, 0.29) is 0 Å². The molecule has 0 fully saturated rings. The minimum absolute atomic E-state index is 0.506. The Kier molecular flexibility index (Phi) is 3.01. The molecule has 0 aliphatic heterocycles. The van der Waals surface area contributed by atoms with Crippen molar-refractivity contribution in [3.8, 4) is 22.8 Å². The van der Waals surface area contributed by atoms with Gasteiger partial charge in [-0.1, -0.05) is 11.6 Å². The van der Waals surface area contributed by atoms with Crippen LogP contribution in [0.2, 0.25) is 5.02 Å². The number of H-pyrrole nitrogens is 1. The van der Waals surface area contributed by atoms with E-state index in [2.05, 4.69) is 9.97 Å². The van der Waals surface area contributed by atoms with Crippen LogP contribution < -0.4 is 9.47 Å². The number of rotatable bonds is 3. The Morgan fingerprint density at radius 2 is 2.06 bits per heavy atom. The number of nitrogens with one attached hydrogen (secondary N) is 1. The predicted octanol–water partition coefficient (Wildman–Crippen LogP) is 2.75. The lowest BCUT2D eigenvalue weighted by Gasteiger charge is -2.11. The summed E-state index contributed by atoms with van der Waals surface area (Å²) < 4.78 is 10.4. The molecule has 1 aromatic heterocycles. The lowest BCUT2D eigenvalue weighted by atomic mass is 10.1. The van der Waals surface area contributed by atoms with Gasteiger partial charge >= 0.3 is 0 Å². The molecule has 1 heterocycles. The summed E-state index contributed by atoms with van der Waals surface area (Å²) in [5, 5.41) is 0.506. The number of nitrogens with zero attached hydrogens (tertiary/aromatic N) is 1. The Balaban J connectivity index is 2.57. The van der Waals surface area contributed by atoms with E-state index in [0.717, 1.165) is 11.3 Å². The molecular formula is C11H11ClN2O2. The number of hydrogen-bond donors (Lipinski definition) is 1. The average Bonchev–Trinajstić information content (AvgIpc) is 2.81. The topological polar surface area (TPSA) is 47.1 Å². The van der Waals surface area contributed by atoms with E-state index in [4.69, 9.17) is 21.1 Å². The maximum absolute atomic E-state index is 6.23. The smallest absolute Gasteiger partial charge is 0.180 e. The molecule has 0 amide bonds. The quantitative estimate of drug-likeness (QED) is 0.895. The number of ether oxygens (including phenoxy) is 2. The van der Waals surface area contributed by atoms with E-state index in [0.29, 0.717) is 16.5 Å². The highest BCUT2D eigenvalue weighted by Gasteiger charge is 2.14. The van der Waals surface area contributed by atoms with Crippen molar-refractivity contribution >= 4 is 11.6 Å². The maximum Gasteiger partial charge on any atom is 0.180 e. The van der Waals surface area contributed by atoms with Crippen molar-refractivity contribution in [2.45, 2.75) is 0 Å². The minimum atomic E-state index is 0.506. The van der Waals surface area contributed by atoms with Gasteiger partial charge in [0.15, 0.2) is 11.5 Å². The van der Waals surface area contributed by atoms with Crippen molar-refractivity contribution in [3.63, 3.8) is 0 Å². The molecule has 0 saturated heterocycles. The van der Waals surface area contributed by atoms with E-state index in [1.54, 1.807) is 32.8 Å². The van der Waals surface area contributed by atoms with Crippen LogP contribution in [0.5, 0.6) is 11.5 Å². The molecule has 84 valence electrons. The van der Waals surface area contributed by atoms with Crippen LogP contribution in [0.4, 0.5) is 0 Å². The van der Waals surface area contributed by atoms with Crippen molar-refractivity contribution in [3.05, 3.63) is 29.7 Å². The van der Waals surface area contributed by atoms with Crippen molar-refractivity contribution < 1.29 is 9.47 Å². The highest BCUT2D eigenvalue weighted by atomic mass is 35.5. The summed E-state index contributed by atoms with van der Waals surface area (Å²) in [5.74, 6) is 1.13. The largest absolute Gasteiger partial charge is 0.493 e. The molecule has 0 aliphatic carbocycles. The number of methoxy groups -OCH3 is 2. The number of halogens is 1. The molecule has 2 rings (SSSR count). The zero-order chi connectivity index (χ0) is 11.5. The van der Waals surface area contributed by atoms with Crippen LogP contribution in [-0.2, 0) is 0 Å². The van der Waals surface area contributed by atoms with Crippen LogP contribution in [0, 0.1) is 0 Å². The molecule has 0 aliphatic rings. The number of aromatic amines is 1. The SMILES string of the molecule is COc1ccc(-c2cnc[nH]2)c(Cl)c1OC. The zero-order valence-corrected chi connectivity index (χ0v) is 9.71. The normalized spacial score (nSPS) is 10.2. The summed E-state index contributed by atoms with van der Waals surface area (Å²) in [5.41, 5.74) is 1.67. The first kappa shape index (κ1) is 10.8. The predicted molar refractivity (Wildman–Crippen MR) is 62.1 cm³/mol. The molecule has 0 spiro atoms. The second-order valence-corrected chi connectivity index (χ2v) is 3.51. The molecule has 1 N–H and O–H groups in total. The summed E-state index contributed by atoms with van der Waals surface area (Å²) in [6.45, 7) is 0. The fraction of sp³-hybridized carbons (Fsp3) is 0.182. The van der Waals surface area contributed by atoms with Crippen LogP contribution in [0.15, 0.2) is 24.7 Å². The Bertz CT molecular complexity index is 483. The van der Waals surface area contributed by atoms with Crippen LogP contribution in [-0.4, -0.2) is 24.2 Å². The van der Waals surface area contributed by atoms with E-state index < -0.39 is 0 Å². The summed E-state index contributed by atoms with van der Waals surface area (Å²) >= 11 is 6.23.